The summed E-state index contributed by atoms with van der Waals surface area (Å²) in [5.74, 6) is 0.151. The molecule has 0 N–H and O–H groups in total. The Morgan fingerprint density at radius 1 is 1.25 bits per heavy atom. The second-order valence-electron chi connectivity index (χ2n) is 4.61. The molecule has 1 aliphatic carbocycles. The molecule has 0 spiro atoms. The van der Waals surface area contributed by atoms with Crippen LogP contribution in [0.2, 0.25) is 0 Å². The summed E-state index contributed by atoms with van der Waals surface area (Å²) in [6.45, 7) is 0.652. The molecule has 1 atom stereocenters. The maximum absolute atomic E-state index is 11.7. The van der Waals surface area contributed by atoms with E-state index in [9.17, 15) is 4.79 Å². The first-order valence-electron chi connectivity index (χ1n) is 5.80. The zero-order chi connectivity index (χ0) is 11.1. The topological polar surface area (TPSA) is 20.3 Å². The number of benzene rings is 1. The normalized spacial score (nSPS) is 23.9. The highest BCUT2D eigenvalue weighted by molar-refractivity contribution is 6.24. The molecule has 1 unspecified atom stereocenters. The Bertz CT molecular complexity index is 444. The summed E-state index contributed by atoms with van der Waals surface area (Å²) in [5.41, 5.74) is 3.87. The predicted molar refractivity (Wildman–Crippen MR) is 65.1 cm³/mol. The van der Waals surface area contributed by atoms with E-state index < -0.39 is 0 Å². The van der Waals surface area contributed by atoms with Crippen molar-refractivity contribution in [2.24, 2.45) is 0 Å². The van der Waals surface area contributed by atoms with Crippen molar-refractivity contribution < 1.29 is 4.79 Å². The minimum absolute atomic E-state index is 0.0271. The summed E-state index contributed by atoms with van der Waals surface area (Å²) in [5, 5.41) is -0.0271. The molecule has 16 heavy (non-hydrogen) atoms. The second-order valence-corrected chi connectivity index (χ2v) is 5.23. The van der Waals surface area contributed by atoms with Gasteiger partial charge in [0.1, 0.15) is 0 Å². The molecular weight excluding hydrogens is 222 g/mol. The molecule has 1 amide bonds. The Morgan fingerprint density at radius 2 is 2.06 bits per heavy atom. The highest BCUT2D eigenvalue weighted by Gasteiger charge is 2.29. The number of hydrogen-bond acceptors (Lipinski definition) is 1. The molecule has 1 aromatic carbocycles. The molecule has 0 saturated carbocycles. The van der Waals surface area contributed by atoms with Crippen LogP contribution in [0.3, 0.4) is 0 Å². The van der Waals surface area contributed by atoms with Gasteiger partial charge in [-0.1, -0.05) is 6.07 Å². The lowest BCUT2D eigenvalue weighted by Gasteiger charge is -2.17. The van der Waals surface area contributed by atoms with E-state index in [1.54, 1.807) is 0 Å². The van der Waals surface area contributed by atoms with Gasteiger partial charge in [0.15, 0.2) is 0 Å². The van der Waals surface area contributed by atoms with Crippen molar-refractivity contribution in [2.45, 2.75) is 31.1 Å². The molecule has 0 radical (unpaired) electrons. The number of carbonyl (C=O) groups excluding carboxylic acids is 1. The fourth-order valence-corrected chi connectivity index (χ4v) is 2.91. The number of alkyl halides is 1. The van der Waals surface area contributed by atoms with Crippen LogP contribution in [0.1, 0.15) is 24.0 Å². The Balaban J connectivity index is 1.92. The Hall–Kier alpha value is -1.02. The van der Waals surface area contributed by atoms with Crippen molar-refractivity contribution in [3.8, 4) is 0 Å². The molecule has 0 aromatic heterocycles. The number of anilines is 1. The monoisotopic (exact) mass is 235 g/mol. The van der Waals surface area contributed by atoms with Crippen LogP contribution in [-0.2, 0) is 17.6 Å². The van der Waals surface area contributed by atoms with E-state index in [-0.39, 0.29) is 11.3 Å². The summed E-state index contributed by atoms with van der Waals surface area (Å²) in [6.07, 6.45) is 4.04. The molecule has 84 valence electrons. The van der Waals surface area contributed by atoms with E-state index in [0.717, 1.165) is 12.1 Å². The number of carbonyl (C=O) groups is 1. The smallest absolute Gasteiger partial charge is 0.228 e. The van der Waals surface area contributed by atoms with Crippen molar-refractivity contribution in [3.63, 3.8) is 0 Å². The molecule has 3 heteroatoms. The number of rotatable bonds is 1. The van der Waals surface area contributed by atoms with Crippen LogP contribution >= 0.6 is 11.6 Å². The number of aryl methyl sites for hydroxylation is 2. The van der Waals surface area contributed by atoms with Gasteiger partial charge in [-0.3, -0.25) is 4.79 Å². The molecule has 1 aromatic rings. The van der Waals surface area contributed by atoms with Gasteiger partial charge < -0.3 is 4.90 Å². The van der Waals surface area contributed by atoms with Crippen molar-refractivity contribution in [1.29, 1.82) is 0 Å². The van der Waals surface area contributed by atoms with Gasteiger partial charge in [0.05, 0.1) is 5.38 Å². The number of amides is 1. The molecule has 2 aliphatic rings. The maximum atomic E-state index is 11.7. The Labute approximate surface area is 100 Å². The number of fused-ring (bicyclic) bond motifs is 1. The van der Waals surface area contributed by atoms with E-state index in [2.05, 4.69) is 18.2 Å². The number of nitrogens with zero attached hydrogens (tertiary/aromatic N) is 1. The summed E-state index contributed by atoms with van der Waals surface area (Å²) in [4.78, 5) is 13.5. The van der Waals surface area contributed by atoms with Crippen LogP contribution in [0.5, 0.6) is 0 Å². The van der Waals surface area contributed by atoms with Gasteiger partial charge in [-0.05, 0) is 42.5 Å². The third-order valence-corrected chi connectivity index (χ3v) is 3.76. The number of hydrogen-bond donors (Lipinski definition) is 0. The zero-order valence-electron chi connectivity index (χ0n) is 9.08. The first kappa shape index (κ1) is 10.2. The summed E-state index contributed by atoms with van der Waals surface area (Å²) in [6, 6.07) is 6.37. The Kier molecular flexibility index (Phi) is 2.40. The molecule has 3 rings (SSSR count). The van der Waals surface area contributed by atoms with Crippen LogP contribution < -0.4 is 4.90 Å². The summed E-state index contributed by atoms with van der Waals surface area (Å²) < 4.78 is 0. The SMILES string of the molecule is O=C1CC(Cl)CN1c1ccc2c(c1)CCC2. The molecular formula is C13H14ClNO. The average molecular weight is 236 g/mol. The van der Waals surface area contributed by atoms with Gasteiger partial charge >= 0.3 is 0 Å². The van der Waals surface area contributed by atoms with Crippen LogP contribution in [-0.4, -0.2) is 17.8 Å². The molecule has 1 heterocycles. The quantitative estimate of drug-likeness (QED) is 0.685. The maximum Gasteiger partial charge on any atom is 0.228 e. The standard InChI is InChI=1S/C13H14ClNO/c14-11-7-13(16)15(8-11)12-5-4-9-2-1-3-10(9)6-12/h4-6,11H,1-3,7-8H2. The van der Waals surface area contributed by atoms with Gasteiger partial charge in [-0.2, -0.15) is 0 Å². The van der Waals surface area contributed by atoms with E-state index in [4.69, 9.17) is 11.6 Å². The van der Waals surface area contributed by atoms with Crippen molar-refractivity contribution in [1.82, 2.24) is 0 Å². The van der Waals surface area contributed by atoms with Gasteiger partial charge in [0.2, 0.25) is 5.91 Å². The summed E-state index contributed by atoms with van der Waals surface area (Å²) in [7, 11) is 0. The van der Waals surface area contributed by atoms with Gasteiger partial charge in [0.25, 0.3) is 0 Å². The van der Waals surface area contributed by atoms with E-state index in [0.29, 0.717) is 13.0 Å². The van der Waals surface area contributed by atoms with Gasteiger partial charge in [-0.25, -0.2) is 0 Å². The van der Waals surface area contributed by atoms with Crippen LogP contribution in [0.4, 0.5) is 5.69 Å². The average Bonchev–Trinajstić information content (AvgIpc) is 2.83. The first-order chi connectivity index (χ1) is 7.74. The lowest BCUT2D eigenvalue weighted by molar-refractivity contribution is -0.117. The van der Waals surface area contributed by atoms with E-state index in [1.165, 1.54) is 24.0 Å². The number of halogens is 1. The highest BCUT2D eigenvalue weighted by Crippen LogP contribution is 2.29. The van der Waals surface area contributed by atoms with E-state index >= 15 is 0 Å². The summed E-state index contributed by atoms with van der Waals surface area (Å²) >= 11 is 6.01. The lowest BCUT2D eigenvalue weighted by Crippen LogP contribution is -2.24. The van der Waals surface area contributed by atoms with Crippen LogP contribution in [0.15, 0.2) is 18.2 Å². The Morgan fingerprint density at radius 3 is 2.81 bits per heavy atom. The highest BCUT2D eigenvalue weighted by atomic mass is 35.5. The van der Waals surface area contributed by atoms with Crippen LogP contribution in [0.25, 0.3) is 0 Å². The first-order valence-corrected chi connectivity index (χ1v) is 6.24. The van der Waals surface area contributed by atoms with Crippen molar-refractivity contribution in [2.75, 3.05) is 11.4 Å². The molecule has 1 saturated heterocycles. The third kappa shape index (κ3) is 1.61. The third-order valence-electron chi connectivity index (χ3n) is 3.47. The van der Waals surface area contributed by atoms with Gasteiger partial charge in [-0.15, -0.1) is 11.6 Å². The molecule has 1 aliphatic heterocycles. The second kappa shape index (κ2) is 3.77. The van der Waals surface area contributed by atoms with E-state index in [1.807, 2.05) is 4.90 Å². The van der Waals surface area contributed by atoms with Gasteiger partial charge in [0, 0.05) is 18.7 Å². The molecule has 1 fully saturated rings. The van der Waals surface area contributed by atoms with Crippen LogP contribution in [0, 0.1) is 0 Å². The largest absolute Gasteiger partial charge is 0.311 e. The fraction of sp³-hybridized carbons (Fsp3) is 0.462. The van der Waals surface area contributed by atoms with Crippen molar-refractivity contribution >= 4 is 23.2 Å². The molecule has 0 bridgehead atoms. The minimum atomic E-state index is -0.0271. The fourth-order valence-electron chi connectivity index (χ4n) is 2.64. The molecule has 2 nitrogen and oxygen atoms in total. The predicted octanol–water partition coefficient (Wildman–Crippen LogP) is 2.52. The minimum Gasteiger partial charge on any atom is -0.311 e. The van der Waals surface area contributed by atoms with Crippen molar-refractivity contribution in [3.05, 3.63) is 29.3 Å². The zero-order valence-corrected chi connectivity index (χ0v) is 9.83. The lowest BCUT2D eigenvalue weighted by atomic mass is 10.1.